The highest BCUT2D eigenvalue weighted by Crippen LogP contribution is 2.49. The molecule has 1 atom stereocenters. The van der Waals surface area contributed by atoms with E-state index in [4.69, 9.17) is 0 Å². The summed E-state index contributed by atoms with van der Waals surface area (Å²) in [6, 6.07) is 22.0. The van der Waals surface area contributed by atoms with E-state index in [9.17, 15) is 0 Å². The molecular formula is C23H26P. The average molecular weight is 333 g/mol. The van der Waals surface area contributed by atoms with Crippen molar-refractivity contribution in [2.45, 2.75) is 40.3 Å². The molecule has 2 aromatic carbocycles. The first-order valence-electron chi connectivity index (χ1n) is 8.64. The van der Waals surface area contributed by atoms with Gasteiger partial charge in [-0.2, -0.15) is 0 Å². The van der Waals surface area contributed by atoms with Gasteiger partial charge in [0.1, 0.15) is 0 Å². The zero-order valence-electron chi connectivity index (χ0n) is 15.3. The highest BCUT2D eigenvalue weighted by atomic mass is 31.1. The molecule has 1 heteroatoms. The summed E-state index contributed by atoms with van der Waals surface area (Å²) < 4.78 is 0. The number of hydrogen-bond acceptors (Lipinski definition) is 0. The van der Waals surface area contributed by atoms with Crippen LogP contribution in [0, 0.1) is 11.5 Å². The van der Waals surface area contributed by atoms with E-state index in [1.54, 1.807) is 0 Å². The van der Waals surface area contributed by atoms with Crippen LogP contribution in [0.15, 0.2) is 77.4 Å². The Balaban J connectivity index is 2.08. The molecule has 0 nitrogen and oxygen atoms in total. The first-order chi connectivity index (χ1) is 11.4. The molecule has 0 fully saturated rings. The summed E-state index contributed by atoms with van der Waals surface area (Å²) in [7, 11) is -0.444. The Morgan fingerprint density at radius 3 is 1.67 bits per heavy atom. The quantitative estimate of drug-likeness (QED) is 0.638. The van der Waals surface area contributed by atoms with Crippen molar-refractivity contribution in [3.8, 4) is 0 Å². The van der Waals surface area contributed by atoms with Crippen molar-refractivity contribution in [2.24, 2.45) is 5.41 Å². The second kappa shape index (κ2) is 6.69. The van der Waals surface area contributed by atoms with Gasteiger partial charge in [0.2, 0.25) is 0 Å². The monoisotopic (exact) mass is 333 g/mol. The maximum Gasteiger partial charge on any atom is 0.0114 e. The van der Waals surface area contributed by atoms with Gasteiger partial charge in [-0.1, -0.05) is 87.0 Å². The van der Waals surface area contributed by atoms with E-state index in [2.05, 4.69) is 101 Å². The zero-order chi connectivity index (χ0) is 17.3. The van der Waals surface area contributed by atoms with E-state index >= 15 is 0 Å². The van der Waals surface area contributed by atoms with Gasteiger partial charge in [-0.05, 0) is 49.6 Å². The molecule has 2 aromatic rings. The first kappa shape index (κ1) is 17.2. The van der Waals surface area contributed by atoms with Gasteiger partial charge in [0.15, 0.2) is 0 Å². The van der Waals surface area contributed by atoms with Crippen LogP contribution >= 0.6 is 7.92 Å². The zero-order valence-corrected chi connectivity index (χ0v) is 16.2. The summed E-state index contributed by atoms with van der Waals surface area (Å²) in [6.45, 7) is 11.5. The van der Waals surface area contributed by atoms with Crippen molar-refractivity contribution in [3.05, 3.63) is 83.5 Å². The van der Waals surface area contributed by atoms with Crippen LogP contribution in [0.3, 0.4) is 0 Å². The van der Waals surface area contributed by atoms with Gasteiger partial charge >= 0.3 is 0 Å². The average Bonchev–Trinajstić information content (AvgIpc) is 2.80. The molecule has 0 heterocycles. The minimum Gasteiger partial charge on any atom is -0.0622 e. The Kier molecular flexibility index (Phi) is 4.79. The van der Waals surface area contributed by atoms with Crippen LogP contribution in [0.5, 0.6) is 0 Å². The minimum atomic E-state index is -0.444. The largest absolute Gasteiger partial charge is 0.0622 e. The number of hydrogen-bond donors (Lipinski definition) is 0. The Labute approximate surface area is 148 Å². The summed E-state index contributed by atoms with van der Waals surface area (Å²) in [5.41, 5.74) is 4.83. The third-order valence-corrected chi connectivity index (χ3v) is 7.97. The Bertz CT molecular complexity index is 727. The van der Waals surface area contributed by atoms with Gasteiger partial charge in [0.05, 0.1) is 0 Å². The molecule has 0 aromatic heterocycles. The van der Waals surface area contributed by atoms with Gasteiger partial charge in [0, 0.05) is 11.1 Å². The third kappa shape index (κ3) is 3.13. The van der Waals surface area contributed by atoms with E-state index < -0.39 is 7.92 Å². The Morgan fingerprint density at radius 1 is 0.833 bits per heavy atom. The number of rotatable bonds is 4. The summed E-state index contributed by atoms with van der Waals surface area (Å²) in [6.07, 6.45) is 3.81. The molecule has 0 spiro atoms. The van der Waals surface area contributed by atoms with Gasteiger partial charge in [-0.25, -0.2) is 0 Å². The van der Waals surface area contributed by atoms with E-state index in [0.717, 1.165) is 0 Å². The third-order valence-electron chi connectivity index (χ3n) is 5.22. The summed E-state index contributed by atoms with van der Waals surface area (Å²) >= 11 is 0. The van der Waals surface area contributed by atoms with E-state index in [1.807, 2.05) is 0 Å². The Hall–Kier alpha value is -1.65. The van der Waals surface area contributed by atoms with Crippen molar-refractivity contribution in [2.75, 3.05) is 0 Å². The molecule has 0 amide bonds. The van der Waals surface area contributed by atoms with Gasteiger partial charge < -0.3 is 0 Å². The molecular weight excluding hydrogens is 307 g/mol. The van der Waals surface area contributed by atoms with Crippen LogP contribution in [-0.4, -0.2) is 5.66 Å². The SMILES string of the molecule is CC1=C(C)C(C)(C)[C]=C1C(C)P(c1ccccc1)c1ccccc1. The molecule has 24 heavy (non-hydrogen) atoms. The predicted molar refractivity (Wildman–Crippen MR) is 107 cm³/mol. The van der Waals surface area contributed by atoms with Crippen LogP contribution in [0.2, 0.25) is 0 Å². The normalized spacial score (nSPS) is 18.0. The summed E-state index contributed by atoms with van der Waals surface area (Å²) in [5, 5.41) is 2.88. The Morgan fingerprint density at radius 2 is 1.29 bits per heavy atom. The molecule has 0 bridgehead atoms. The molecule has 3 rings (SSSR count). The van der Waals surface area contributed by atoms with Crippen molar-refractivity contribution in [1.29, 1.82) is 0 Å². The molecule has 1 unspecified atom stereocenters. The summed E-state index contributed by atoms with van der Waals surface area (Å²) in [4.78, 5) is 0. The van der Waals surface area contributed by atoms with Gasteiger partial charge in [-0.15, -0.1) is 0 Å². The molecule has 1 aliphatic carbocycles. The first-order valence-corrected chi connectivity index (χ1v) is 10.1. The molecule has 0 aliphatic heterocycles. The predicted octanol–water partition coefficient (Wildman–Crippen LogP) is 5.61. The highest BCUT2D eigenvalue weighted by molar-refractivity contribution is 7.73. The maximum atomic E-state index is 3.81. The van der Waals surface area contributed by atoms with Crippen molar-refractivity contribution >= 4 is 18.5 Å². The van der Waals surface area contributed by atoms with Gasteiger partial charge in [0.25, 0.3) is 0 Å². The minimum absolute atomic E-state index is 0.0576. The fourth-order valence-electron chi connectivity index (χ4n) is 3.52. The lowest BCUT2D eigenvalue weighted by Gasteiger charge is -2.27. The van der Waals surface area contributed by atoms with Crippen molar-refractivity contribution in [1.82, 2.24) is 0 Å². The summed E-state index contributed by atoms with van der Waals surface area (Å²) in [5.74, 6) is 0. The van der Waals surface area contributed by atoms with E-state index in [1.165, 1.54) is 27.3 Å². The second-order valence-corrected chi connectivity index (χ2v) is 9.68. The van der Waals surface area contributed by atoms with Gasteiger partial charge in [-0.3, -0.25) is 0 Å². The number of benzene rings is 2. The smallest absolute Gasteiger partial charge is 0.0114 e. The second-order valence-electron chi connectivity index (χ2n) is 7.13. The molecule has 0 saturated heterocycles. The van der Waals surface area contributed by atoms with Crippen LogP contribution < -0.4 is 10.6 Å². The van der Waals surface area contributed by atoms with Crippen LogP contribution in [0.4, 0.5) is 0 Å². The topological polar surface area (TPSA) is 0 Å². The lowest BCUT2D eigenvalue weighted by molar-refractivity contribution is 0.568. The molecule has 1 aliphatic rings. The van der Waals surface area contributed by atoms with Crippen LogP contribution in [0.1, 0.15) is 34.6 Å². The molecule has 0 N–H and O–H groups in total. The van der Waals surface area contributed by atoms with Crippen LogP contribution in [-0.2, 0) is 0 Å². The highest BCUT2D eigenvalue weighted by Gasteiger charge is 2.33. The molecule has 123 valence electrons. The van der Waals surface area contributed by atoms with E-state index in [-0.39, 0.29) is 5.41 Å². The van der Waals surface area contributed by atoms with Crippen molar-refractivity contribution in [3.63, 3.8) is 0 Å². The van der Waals surface area contributed by atoms with E-state index in [0.29, 0.717) is 5.66 Å². The van der Waals surface area contributed by atoms with Crippen LogP contribution in [0.25, 0.3) is 0 Å². The molecule has 0 saturated carbocycles. The lowest BCUT2D eigenvalue weighted by Crippen LogP contribution is -2.21. The fourth-order valence-corrected chi connectivity index (χ4v) is 6.21. The van der Waals surface area contributed by atoms with Crippen molar-refractivity contribution < 1.29 is 0 Å². The number of allylic oxidation sites excluding steroid dienone is 4. The fraction of sp³-hybridized carbons (Fsp3) is 0.304. The standard InChI is InChI=1S/C23H26P/c1-17-18(2)23(4,5)16-22(17)19(3)24(20-12-8-6-9-13-20)21-14-10-7-11-15-21/h6-15,19H,1-5H3. The molecule has 1 radical (unpaired) electrons. The maximum absolute atomic E-state index is 3.81. The lowest BCUT2D eigenvalue weighted by atomic mass is 9.88.